The third kappa shape index (κ3) is 3.49. The average Bonchev–Trinajstić information content (AvgIpc) is 3.06. The summed E-state index contributed by atoms with van der Waals surface area (Å²) in [5.41, 5.74) is 2.10. The van der Waals surface area contributed by atoms with Gasteiger partial charge in [-0.2, -0.15) is 0 Å². The number of anilines is 1. The topological polar surface area (TPSA) is 61.2 Å². The van der Waals surface area contributed by atoms with E-state index in [1.54, 1.807) is 0 Å². The molecule has 4 rings (SSSR count). The summed E-state index contributed by atoms with van der Waals surface area (Å²) in [4.78, 5) is 0. The van der Waals surface area contributed by atoms with Crippen molar-refractivity contribution < 1.29 is 9.47 Å². The number of hydrogen-bond donors (Lipinski definition) is 1. The zero-order valence-electron chi connectivity index (χ0n) is 14.1. The van der Waals surface area contributed by atoms with E-state index < -0.39 is 0 Å². The standard InChI is InChI=1S/C19H20N4O2/c1-14-7-8-17(25-15-5-3-2-4-6-15)16(11-14)20-12-18-21-22-19-13-24-10-9-23(18)19/h2-8,11,20H,9-10,12-13H2,1H3. The summed E-state index contributed by atoms with van der Waals surface area (Å²) in [5, 5.41) is 11.9. The largest absolute Gasteiger partial charge is 0.455 e. The molecule has 0 unspecified atom stereocenters. The molecule has 0 fully saturated rings. The highest BCUT2D eigenvalue weighted by Crippen LogP contribution is 2.30. The van der Waals surface area contributed by atoms with E-state index in [0.717, 1.165) is 35.4 Å². The van der Waals surface area contributed by atoms with Crippen molar-refractivity contribution in [3.8, 4) is 11.5 Å². The molecule has 0 saturated carbocycles. The Hall–Kier alpha value is -2.86. The summed E-state index contributed by atoms with van der Waals surface area (Å²) < 4.78 is 13.5. The molecule has 6 nitrogen and oxygen atoms in total. The molecule has 0 saturated heterocycles. The zero-order valence-corrected chi connectivity index (χ0v) is 14.1. The van der Waals surface area contributed by atoms with Gasteiger partial charge >= 0.3 is 0 Å². The Kier molecular flexibility index (Phi) is 4.35. The minimum atomic E-state index is 0.528. The highest BCUT2D eigenvalue weighted by molar-refractivity contribution is 5.59. The fourth-order valence-corrected chi connectivity index (χ4v) is 2.85. The van der Waals surface area contributed by atoms with Gasteiger partial charge in [-0.25, -0.2) is 0 Å². The molecular weight excluding hydrogens is 316 g/mol. The van der Waals surface area contributed by atoms with Crippen LogP contribution in [-0.2, 0) is 24.4 Å². The average molecular weight is 336 g/mol. The van der Waals surface area contributed by atoms with E-state index in [4.69, 9.17) is 9.47 Å². The number of rotatable bonds is 5. The van der Waals surface area contributed by atoms with E-state index in [2.05, 4.69) is 33.1 Å². The van der Waals surface area contributed by atoms with E-state index in [1.165, 1.54) is 5.56 Å². The fraction of sp³-hybridized carbons (Fsp3) is 0.263. The van der Waals surface area contributed by atoms with Crippen molar-refractivity contribution in [2.24, 2.45) is 0 Å². The van der Waals surface area contributed by atoms with Crippen LogP contribution in [0, 0.1) is 6.92 Å². The molecule has 1 N–H and O–H groups in total. The van der Waals surface area contributed by atoms with Gasteiger partial charge in [-0.3, -0.25) is 0 Å². The zero-order chi connectivity index (χ0) is 17.1. The molecule has 25 heavy (non-hydrogen) atoms. The molecule has 0 aliphatic carbocycles. The van der Waals surface area contributed by atoms with E-state index in [9.17, 15) is 0 Å². The summed E-state index contributed by atoms with van der Waals surface area (Å²) in [7, 11) is 0. The van der Waals surface area contributed by atoms with Crippen LogP contribution < -0.4 is 10.1 Å². The Morgan fingerprint density at radius 2 is 2.04 bits per heavy atom. The molecule has 0 amide bonds. The summed E-state index contributed by atoms with van der Waals surface area (Å²) in [5.74, 6) is 3.39. The van der Waals surface area contributed by atoms with Gasteiger partial charge in [-0.05, 0) is 36.8 Å². The second-order valence-electron chi connectivity index (χ2n) is 6.00. The first-order valence-corrected chi connectivity index (χ1v) is 8.36. The van der Waals surface area contributed by atoms with Crippen LogP contribution in [0.4, 0.5) is 5.69 Å². The van der Waals surface area contributed by atoms with Crippen molar-refractivity contribution in [1.29, 1.82) is 0 Å². The molecule has 2 heterocycles. The number of hydrogen-bond acceptors (Lipinski definition) is 5. The van der Waals surface area contributed by atoms with Crippen LogP contribution >= 0.6 is 0 Å². The quantitative estimate of drug-likeness (QED) is 0.772. The van der Waals surface area contributed by atoms with Crippen LogP contribution in [-0.4, -0.2) is 21.4 Å². The lowest BCUT2D eigenvalue weighted by Gasteiger charge is -2.17. The Morgan fingerprint density at radius 3 is 2.92 bits per heavy atom. The number of benzene rings is 2. The van der Waals surface area contributed by atoms with Crippen LogP contribution in [0.25, 0.3) is 0 Å². The molecule has 128 valence electrons. The molecule has 0 radical (unpaired) electrons. The van der Waals surface area contributed by atoms with Gasteiger partial charge in [0.1, 0.15) is 12.4 Å². The Labute approximate surface area is 146 Å². The van der Waals surface area contributed by atoms with Gasteiger partial charge in [-0.1, -0.05) is 24.3 Å². The number of fused-ring (bicyclic) bond motifs is 1. The lowest BCUT2D eigenvalue weighted by Crippen LogP contribution is -2.19. The molecule has 1 aliphatic heterocycles. The van der Waals surface area contributed by atoms with Crippen molar-refractivity contribution in [1.82, 2.24) is 14.8 Å². The van der Waals surface area contributed by atoms with Gasteiger partial charge < -0.3 is 19.4 Å². The molecule has 0 bridgehead atoms. The summed E-state index contributed by atoms with van der Waals surface area (Å²) in [6.07, 6.45) is 0. The van der Waals surface area contributed by atoms with Gasteiger partial charge in [0, 0.05) is 6.54 Å². The first kappa shape index (κ1) is 15.7. The highest BCUT2D eigenvalue weighted by atomic mass is 16.5. The van der Waals surface area contributed by atoms with Gasteiger partial charge in [0.25, 0.3) is 0 Å². The minimum Gasteiger partial charge on any atom is -0.455 e. The third-order valence-corrected chi connectivity index (χ3v) is 4.14. The van der Waals surface area contributed by atoms with Gasteiger partial charge in [0.05, 0.1) is 18.8 Å². The number of aryl methyl sites for hydroxylation is 1. The maximum Gasteiger partial charge on any atom is 0.159 e. The second-order valence-corrected chi connectivity index (χ2v) is 6.00. The Morgan fingerprint density at radius 1 is 1.16 bits per heavy atom. The first-order chi connectivity index (χ1) is 12.3. The first-order valence-electron chi connectivity index (χ1n) is 8.36. The number of nitrogens with one attached hydrogen (secondary N) is 1. The number of aromatic nitrogens is 3. The van der Waals surface area contributed by atoms with Crippen LogP contribution in [0.1, 0.15) is 17.2 Å². The number of para-hydroxylation sites is 1. The monoisotopic (exact) mass is 336 g/mol. The van der Waals surface area contributed by atoms with E-state index in [-0.39, 0.29) is 0 Å². The molecule has 1 aromatic heterocycles. The van der Waals surface area contributed by atoms with Crippen molar-refractivity contribution in [3.05, 3.63) is 65.7 Å². The lowest BCUT2D eigenvalue weighted by atomic mass is 10.2. The van der Waals surface area contributed by atoms with Crippen LogP contribution in [0.5, 0.6) is 11.5 Å². The van der Waals surface area contributed by atoms with Crippen LogP contribution in [0.15, 0.2) is 48.5 Å². The lowest BCUT2D eigenvalue weighted by molar-refractivity contribution is 0.0807. The number of nitrogens with zero attached hydrogens (tertiary/aromatic N) is 3. The molecular formula is C19H20N4O2. The smallest absolute Gasteiger partial charge is 0.159 e. The second kappa shape index (κ2) is 6.94. The van der Waals surface area contributed by atoms with E-state index in [0.29, 0.717) is 19.8 Å². The Bertz CT molecular complexity index is 861. The van der Waals surface area contributed by atoms with Gasteiger partial charge in [0.15, 0.2) is 17.4 Å². The summed E-state index contributed by atoms with van der Waals surface area (Å²) in [6, 6.07) is 15.9. The molecule has 0 spiro atoms. The van der Waals surface area contributed by atoms with Crippen LogP contribution in [0.3, 0.4) is 0 Å². The predicted molar refractivity (Wildman–Crippen MR) is 94.7 cm³/mol. The predicted octanol–water partition coefficient (Wildman–Crippen LogP) is 3.52. The third-order valence-electron chi connectivity index (χ3n) is 4.14. The van der Waals surface area contributed by atoms with Crippen molar-refractivity contribution in [2.45, 2.75) is 26.6 Å². The molecule has 0 atom stereocenters. The van der Waals surface area contributed by atoms with E-state index in [1.807, 2.05) is 42.5 Å². The minimum absolute atomic E-state index is 0.528. The summed E-state index contributed by atoms with van der Waals surface area (Å²) in [6.45, 7) is 4.67. The van der Waals surface area contributed by atoms with E-state index >= 15 is 0 Å². The molecule has 3 aromatic rings. The van der Waals surface area contributed by atoms with Crippen molar-refractivity contribution in [3.63, 3.8) is 0 Å². The molecule has 6 heteroatoms. The summed E-state index contributed by atoms with van der Waals surface area (Å²) >= 11 is 0. The fourth-order valence-electron chi connectivity index (χ4n) is 2.85. The van der Waals surface area contributed by atoms with Gasteiger partial charge in [0.2, 0.25) is 0 Å². The molecule has 2 aromatic carbocycles. The molecule has 1 aliphatic rings. The van der Waals surface area contributed by atoms with Crippen molar-refractivity contribution in [2.75, 3.05) is 11.9 Å². The maximum atomic E-state index is 6.02. The normalized spacial score (nSPS) is 13.3. The van der Waals surface area contributed by atoms with Crippen LogP contribution in [0.2, 0.25) is 0 Å². The van der Waals surface area contributed by atoms with Gasteiger partial charge in [-0.15, -0.1) is 10.2 Å². The Balaban J connectivity index is 1.53. The maximum absolute atomic E-state index is 6.02. The highest BCUT2D eigenvalue weighted by Gasteiger charge is 2.16. The number of ether oxygens (including phenoxy) is 2. The SMILES string of the molecule is Cc1ccc(Oc2ccccc2)c(NCc2nnc3n2CCOC3)c1. The van der Waals surface area contributed by atoms with Crippen molar-refractivity contribution >= 4 is 5.69 Å².